The van der Waals surface area contributed by atoms with Crippen molar-refractivity contribution < 1.29 is 23.5 Å². The van der Waals surface area contributed by atoms with E-state index >= 15 is 0 Å². The number of carbonyl (C=O) groups is 3. The van der Waals surface area contributed by atoms with E-state index in [1.165, 1.54) is 6.26 Å². The van der Waals surface area contributed by atoms with Crippen molar-refractivity contribution in [3.8, 4) is 0 Å². The third kappa shape index (κ3) is 3.72. The number of imide groups is 1. The van der Waals surface area contributed by atoms with Crippen molar-refractivity contribution >= 4 is 41.1 Å². The number of esters is 1. The van der Waals surface area contributed by atoms with Gasteiger partial charge in [-0.3, -0.25) is 14.9 Å². The maximum atomic E-state index is 11.7. The van der Waals surface area contributed by atoms with Crippen molar-refractivity contribution in [1.82, 2.24) is 10.6 Å². The van der Waals surface area contributed by atoms with E-state index in [2.05, 4.69) is 5.32 Å². The number of alkyl halides is 2. The van der Waals surface area contributed by atoms with Crippen LogP contribution in [0.4, 0.5) is 4.79 Å². The molecule has 7 nitrogen and oxygen atoms in total. The van der Waals surface area contributed by atoms with Crippen molar-refractivity contribution in [3.63, 3.8) is 0 Å². The Bertz CT molecular complexity index is 587. The molecule has 1 aromatic rings. The minimum atomic E-state index is -1.17. The van der Waals surface area contributed by atoms with Crippen LogP contribution in [0, 0.1) is 5.41 Å². The maximum absolute atomic E-state index is 11.7. The van der Waals surface area contributed by atoms with Crippen LogP contribution in [0.1, 0.15) is 19.1 Å². The lowest BCUT2D eigenvalue weighted by Crippen LogP contribution is -2.41. The summed E-state index contributed by atoms with van der Waals surface area (Å²) in [5.74, 6) is -0.899. The minimum Gasteiger partial charge on any atom is -0.467 e. The number of carbonyl (C=O) groups excluding carboxylic acids is 3. The minimum absolute atomic E-state index is 0.130. The summed E-state index contributed by atoms with van der Waals surface area (Å²) in [5.41, 5.74) is -1.02. The number of urea groups is 1. The highest BCUT2D eigenvalue weighted by molar-refractivity contribution is 6.53. The monoisotopic (exact) mass is 348 g/mol. The van der Waals surface area contributed by atoms with Crippen molar-refractivity contribution in [2.24, 2.45) is 5.41 Å². The standard InChI is InChI=1S/C13H14Cl2N2O5/c1-12(7-13(12,14)15)10(19)22-6-9(18)17-11(20)16-5-8-3-2-4-21-8/h2-4H,5-7H2,1H3,(H2,16,17,18,20)/t12-/m0/s1. The molecule has 0 aliphatic heterocycles. The lowest BCUT2D eigenvalue weighted by atomic mass is 10.1. The van der Waals surface area contributed by atoms with Crippen LogP contribution in [0.3, 0.4) is 0 Å². The molecule has 0 unspecified atom stereocenters. The molecule has 0 radical (unpaired) electrons. The Morgan fingerprint density at radius 2 is 2.09 bits per heavy atom. The Morgan fingerprint density at radius 3 is 2.64 bits per heavy atom. The number of halogens is 2. The highest BCUT2D eigenvalue weighted by Crippen LogP contribution is 2.64. The number of amides is 3. The van der Waals surface area contributed by atoms with Crippen molar-refractivity contribution in [3.05, 3.63) is 24.2 Å². The highest BCUT2D eigenvalue weighted by Gasteiger charge is 2.69. The molecule has 1 aromatic heterocycles. The molecule has 1 aliphatic carbocycles. The van der Waals surface area contributed by atoms with Crippen molar-refractivity contribution in [2.75, 3.05) is 6.61 Å². The molecule has 0 aromatic carbocycles. The molecule has 2 rings (SSSR count). The summed E-state index contributed by atoms with van der Waals surface area (Å²) in [5, 5.41) is 4.43. The zero-order valence-electron chi connectivity index (χ0n) is 11.7. The summed E-state index contributed by atoms with van der Waals surface area (Å²) < 4.78 is 8.64. The van der Waals surface area contributed by atoms with Gasteiger partial charge in [-0.2, -0.15) is 0 Å². The number of hydrogen-bond acceptors (Lipinski definition) is 5. The van der Waals surface area contributed by atoms with E-state index in [0.717, 1.165) is 0 Å². The molecule has 1 heterocycles. The molecule has 22 heavy (non-hydrogen) atoms. The zero-order chi connectivity index (χ0) is 16.4. The largest absolute Gasteiger partial charge is 0.467 e. The molecule has 1 atom stereocenters. The lowest BCUT2D eigenvalue weighted by molar-refractivity contribution is -0.153. The first-order valence-corrected chi connectivity index (χ1v) is 7.15. The number of rotatable bonds is 5. The molecule has 1 saturated carbocycles. The number of ether oxygens (including phenoxy) is 1. The molecular formula is C13H14Cl2N2O5. The molecule has 0 saturated heterocycles. The van der Waals surface area contributed by atoms with Crippen LogP contribution in [0.15, 0.2) is 22.8 Å². The average molecular weight is 349 g/mol. The van der Waals surface area contributed by atoms with Gasteiger partial charge in [0.1, 0.15) is 15.5 Å². The van der Waals surface area contributed by atoms with Crippen LogP contribution >= 0.6 is 23.2 Å². The maximum Gasteiger partial charge on any atom is 0.321 e. The van der Waals surface area contributed by atoms with Gasteiger partial charge in [0.05, 0.1) is 12.8 Å². The summed E-state index contributed by atoms with van der Waals surface area (Å²) in [4.78, 5) is 34.7. The number of nitrogens with one attached hydrogen (secondary N) is 2. The third-order valence-electron chi connectivity index (χ3n) is 3.30. The summed E-state index contributed by atoms with van der Waals surface area (Å²) in [7, 11) is 0. The van der Waals surface area contributed by atoms with E-state index in [0.29, 0.717) is 5.76 Å². The first-order chi connectivity index (χ1) is 10.2. The van der Waals surface area contributed by atoms with Crippen LogP contribution in [0.5, 0.6) is 0 Å². The second-order valence-corrected chi connectivity index (χ2v) is 6.58. The first kappa shape index (κ1) is 16.6. The van der Waals surface area contributed by atoms with Crippen LogP contribution in [-0.2, 0) is 20.9 Å². The summed E-state index contributed by atoms with van der Waals surface area (Å²) in [6.07, 6.45) is 1.72. The molecular weight excluding hydrogens is 335 g/mol. The second kappa shape index (κ2) is 6.18. The normalized spacial score (nSPS) is 21.8. The van der Waals surface area contributed by atoms with Gasteiger partial charge in [0.25, 0.3) is 5.91 Å². The lowest BCUT2D eigenvalue weighted by Gasteiger charge is -2.11. The van der Waals surface area contributed by atoms with Gasteiger partial charge in [0.15, 0.2) is 6.61 Å². The molecule has 2 N–H and O–H groups in total. The van der Waals surface area contributed by atoms with Gasteiger partial charge >= 0.3 is 12.0 Å². The fourth-order valence-corrected chi connectivity index (χ4v) is 2.39. The number of hydrogen-bond donors (Lipinski definition) is 2. The van der Waals surface area contributed by atoms with Crippen LogP contribution in [0.2, 0.25) is 0 Å². The molecule has 1 aliphatic rings. The van der Waals surface area contributed by atoms with Gasteiger partial charge in [0.2, 0.25) is 0 Å². The van der Waals surface area contributed by atoms with Gasteiger partial charge in [-0.15, -0.1) is 23.2 Å². The van der Waals surface area contributed by atoms with Gasteiger partial charge < -0.3 is 14.5 Å². The van der Waals surface area contributed by atoms with E-state index in [4.69, 9.17) is 32.4 Å². The van der Waals surface area contributed by atoms with Crippen molar-refractivity contribution in [2.45, 2.75) is 24.2 Å². The quantitative estimate of drug-likeness (QED) is 0.623. The fraction of sp³-hybridized carbons (Fsp3) is 0.462. The Balaban J connectivity index is 1.67. The zero-order valence-corrected chi connectivity index (χ0v) is 13.2. The van der Waals surface area contributed by atoms with Gasteiger partial charge in [-0.05, 0) is 19.1 Å². The molecule has 0 bridgehead atoms. The summed E-state index contributed by atoms with van der Waals surface area (Å²) in [6.45, 7) is 1.08. The molecule has 1 fully saturated rings. The SMILES string of the molecule is C[C@@]1(C(=O)OCC(=O)NC(=O)NCc2ccco2)CC1(Cl)Cl. The predicted octanol–water partition coefficient (Wildman–Crippen LogP) is 1.73. The molecule has 120 valence electrons. The molecule has 3 amide bonds. The number of furan rings is 1. The Labute approximate surface area is 136 Å². The molecule has 9 heteroatoms. The van der Waals surface area contributed by atoms with E-state index in [1.54, 1.807) is 19.1 Å². The van der Waals surface area contributed by atoms with Gasteiger partial charge in [-0.1, -0.05) is 0 Å². The van der Waals surface area contributed by atoms with E-state index in [-0.39, 0.29) is 13.0 Å². The summed E-state index contributed by atoms with van der Waals surface area (Å²) in [6, 6.07) is 2.62. The third-order valence-corrected chi connectivity index (χ3v) is 4.40. The Hall–Kier alpha value is -1.73. The van der Waals surface area contributed by atoms with Gasteiger partial charge in [-0.25, -0.2) is 4.79 Å². The smallest absolute Gasteiger partial charge is 0.321 e. The van der Waals surface area contributed by atoms with E-state index < -0.39 is 34.3 Å². The first-order valence-electron chi connectivity index (χ1n) is 6.40. The fourth-order valence-electron chi connectivity index (χ4n) is 1.70. The molecule has 0 spiro atoms. The average Bonchev–Trinajstić information content (AvgIpc) is 2.84. The van der Waals surface area contributed by atoms with Crippen LogP contribution < -0.4 is 10.6 Å². The topological polar surface area (TPSA) is 97.6 Å². The Kier molecular flexibility index (Phi) is 4.67. The predicted molar refractivity (Wildman–Crippen MR) is 77.2 cm³/mol. The van der Waals surface area contributed by atoms with Crippen LogP contribution in [0.25, 0.3) is 0 Å². The van der Waals surface area contributed by atoms with Crippen molar-refractivity contribution in [1.29, 1.82) is 0 Å². The Morgan fingerprint density at radius 1 is 1.41 bits per heavy atom. The van der Waals surface area contributed by atoms with Crippen LogP contribution in [-0.4, -0.2) is 28.8 Å². The van der Waals surface area contributed by atoms with Gasteiger partial charge in [0, 0.05) is 6.42 Å². The second-order valence-electron chi connectivity index (χ2n) is 5.10. The van der Waals surface area contributed by atoms with E-state index in [9.17, 15) is 14.4 Å². The summed E-state index contributed by atoms with van der Waals surface area (Å²) >= 11 is 11.6. The highest BCUT2D eigenvalue weighted by atomic mass is 35.5. The van der Waals surface area contributed by atoms with E-state index in [1.807, 2.05) is 5.32 Å².